The van der Waals surface area contributed by atoms with Gasteiger partial charge in [-0.15, -0.1) is 0 Å². The van der Waals surface area contributed by atoms with Crippen LogP contribution < -0.4 is 9.88 Å². The van der Waals surface area contributed by atoms with Crippen molar-refractivity contribution < 1.29 is 17.7 Å². The van der Waals surface area contributed by atoms with Crippen LogP contribution in [0.25, 0.3) is 33.6 Å². The molecule has 1 heterocycles. The van der Waals surface area contributed by atoms with Gasteiger partial charge >= 0.3 is 0 Å². The number of sulfonamides is 1. The number of methoxy groups -OCH3 is 1. The second kappa shape index (κ2) is 8.30. The third-order valence-electron chi connectivity index (χ3n) is 4.97. The number of aromatic nitrogens is 1. The zero-order valence-corrected chi connectivity index (χ0v) is 19.2. The number of ether oxygens (including phenoxy) is 1. The van der Waals surface area contributed by atoms with Gasteiger partial charge in [-0.05, 0) is 69.4 Å². The highest BCUT2D eigenvalue weighted by Gasteiger charge is 2.21. The third-order valence-corrected chi connectivity index (χ3v) is 6.82. The van der Waals surface area contributed by atoms with E-state index in [0.717, 1.165) is 28.0 Å². The van der Waals surface area contributed by atoms with Crippen LogP contribution in [0.1, 0.15) is 5.69 Å². The van der Waals surface area contributed by atoms with Crippen molar-refractivity contribution in [1.82, 2.24) is 5.16 Å². The molecular formula is C23H19BrN2O4S. The van der Waals surface area contributed by atoms with Crippen molar-refractivity contribution in [2.24, 2.45) is 5.14 Å². The molecule has 4 aromatic rings. The Hall–Kier alpha value is -2.94. The molecule has 158 valence electrons. The number of nitrogens with two attached hydrogens (primary N) is 1. The normalized spacial score (nSPS) is 11.5. The average Bonchev–Trinajstić information content (AvgIpc) is 3.11. The summed E-state index contributed by atoms with van der Waals surface area (Å²) in [6, 6.07) is 20.4. The summed E-state index contributed by atoms with van der Waals surface area (Å²) in [5, 5.41) is 9.39. The lowest BCUT2D eigenvalue weighted by molar-refractivity contribution is 0.415. The summed E-state index contributed by atoms with van der Waals surface area (Å²) in [4.78, 5) is -0.00543. The fourth-order valence-corrected chi connectivity index (χ4v) is 4.29. The van der Waals surface area contributed by atoms with Crippen LogP contribution in [0.4, 0.5) is 0 Å². The molecule has 0 aliphatic heterocycles. The quantitative estimate of drug-likeness (QED) is 0.397. The van der Waals surface area contributed by atoms with Crippen LogP contribution in [-0.2, 0) is 10.0 Å². The van der Waals surface area contributed by atoms with Gasteiger partial charge in [0.1, 0.15) is 5.75 Å². The Morgan fingerprint density at radius 2 is 1.58 bits per heavy atom. The standard InChI is InChI=1S/C23H19BrN2O4S/c1-14-22(24)23(30-26-14)21-13-17(31(25,27)28)11-12-20(21)19-6-4-3-5-18(19)15-7-9-16(29-2)10-8-15/h3-13H,1-2H3,(H2,25,27,28). The molecule has 0 spiro atoms. The van der Waals surface area contributed by atoms with Crippen molar-refractivity contribution in [3.8, 4) is 39.3 Å². The fourth-order valence-electron chi connectivity index (χ4n) is 3.39. The number of rotatable bonds is 5. The highest BCUT2D eigenvalue weighted by Crippen LogP contribution is 2.42. The van der Waals surface area contributed by atoms with Crippen molar-refractivity contribution in [2.45, 2.75) is 11.8 Å². The summed E-state index contributed by atoms with van der Waals surface area (Å²) in [6.07, 6.45) is 0. The number of benzene rings is 3. The first kappa shape index (κ1) is 21.3. The maximum Gasteiger partial charge on any atom is 0.238 e. The summed E-state index contributed by atoms with van der Waals surface area (Å²) in [6.45, 7) is 1.80. The first-order valence-electron chi connectivity index (χ1n) is 9.32. The van der Waals surface area contributed by atoms with Gasteiger partial charge in [0.2, 0.25) is 10.0 Å². The van der Waals surface area contributed by atoms with E-state index in [9.17, 15) is 8.42 Å². The van der Waals surface area contributed by atoms with Gasteiger partial charge in [-0.25, -0.2) is 13.6 Å². The summed E-state index contributed by atoms with van der Waals surface area (Å²) in [5.74, 6) is 1.20. The molecule has 0 bridgehead atoms. The summed E-state index contributed by atoms with van der Waals surface area (Å²) >= 11 is 3.50. The second-order valence-corrected chi connectivity index (χ2v) is 9.29. The number of hydrogen-bond donors (Lipinski definition) is 1. The maximum atomic E-state index is 12.0. The van der Waals surface area contributed by atoms with Crippen LogP contribution in [0.3, 0.4) is 0 Å². The van der Waals surface area contributed by atoms with Gasteiger partial charge in [0, 0.05) is 5.56 Å². The monoisotopic (exact) mass is 498 g/mol. The van der Waals surface area contributed by atoms with Crippen LogP contribution in [-0.4, -0.2) is 20.7 Å². The van der Waals surface area contributed by atoms with Crippen molar-refractivity contribution in [3.63, 3.8) is 0 Å². The minimum atomic E-state index is -3.90. The number of hydrogen-bond acceptors (Lipinski definition) is 5. The predicted molar refractivity (Wildman–Crippen MR) is 123 cm³/mol. The largest absolute Gasteiger partial charge is 0.497 e. The van der Waals surface area contributed by atoms with E-state index >= 15 is 0 Å². The van der Waals surface area contributed by atoms with E-state index in [4.69, 9.17) is 14.4 Å². The number of halogens is 1. The molecule has 0 atom stereocenters. The molecule has 0 fully saturated rings. The van der Waals surface area contributed by atoms with Gasteiger partial charge in [-0.2, -0.15) is 0 Å². The van der Waals surface area contributed by atoms with Crippen LogP contribution in [0.5, 0.6) is 5.75 Å². The SMILES string of the molecule is COc1ccc(-c2ccccc2-c2ccc(S(N)(=O)=O)cc2-c2onc(C)c2Br)cc1. The van der Waals surface area contributed by atoms with Crippen LogP contribution in [0, 0.1) is 6.92 Å². The van der Waals surface area contributed by atoms with Gasteiger partial charge in [0.25, 0.3) is 0 Å². The molecule has 0 aliphatic carbocycles. The lowest BCUT2D eigenvalue weighted by atomic mass is 9.91. The van der Waals surface area contributed by atoms with Crippen molar-refractivity contribution in [2.75, 3.05) is 7.11 Å². The average molecular weight is 499 g/mol. The molecule has 3 aromatic carbocycles. The summed E-state index contributed by atoms with van der Waals surface area (Å²) in [5.41, 5.74) is 4.89. The van der Waals surface area contributed by atoms with E-state index in [2.05, 4.69) is 21.1 Å². The van der Waals surface area contributed by atoms with Crippen molar-refractivity contribution in [3.05, 3.63) is 76.9 Å². The lowest BCUT2D eigenvalue weighted by Crippen LogP contribution is -2.12. The Labute approximate surface area is 188 Å². The Morgan fingerprint density at radius 1 is 0.935 bits per heavy atom. The molecule has 0 saturated heterocycles. The van der Waals surface area contributed by atoms with Gasteiger partial charge in [-0.3, -0.25) is 0 Å². The molecule has 0 aliphatic rings. The van der Waals surface area contributed by atoms with Crippen LogP contribution in [0.15, 0.2) is 80.6 Å². The van der Waals surface area contributed by atoms with E-state index in [-0.39, 0.29) is 4.90 Å². The van der Waals surface area contributed by atoms with Gasteiger partial charge in [-0.1, -0.05) is 47.6 Å². The molecule has 0 saturated carbocycles. The first-order valence-corrected chi connectivity index (χ1v) is 11.7. The van der Waals surface area contributed by atoms with E-state index in [1.54, 1.807) is 20.1 Å². The Kier molecular flexibility index (Phi) is 5.70. The third kappa shape index (κ3) is 4.14. The Bertz CT molecular complexity index is 1360. The first-order chi connectivity index (χ1) is 14.8. The zero-order chi connectivity index (χ0) is 22.2. The molecule has 8 heteroatoms. The Balaban J connectivity index is 1.98. The highest BCUT2D eigenvalue weighted by molar-refractivity contribution is 9.10. The van der Waals surface area contributed by atoms with Crippen molar-refractivity contribution in [1.29, 1.82) is 0 Å². The molecule has 0 radical (unpaired) electrons. The molecule has 2 N–H and O–H groups in total. The topological polar surface area (TPSA) is 95.4 Å². The molecule has 31 heavy (non-hydrogen) atoms. The summed E-state index contributed by atoms with van der Waals surface area (Å²) < 4.78 is 35.5. The van der Waals surface area contributed by atoms with Gasteiger partial charge in [0.05, 0.1) is 22.2 Å². The van der Waals surface area contributed by atoms with Crippen LogP contribution >= 0.6 is 15.9 Å². The molecular weight excluding hydrogens is 480 g/mol. The van der Waals surface area contributed by atoms with E-state index < -0.39 is 10.0 Å². The highest BCUT2D eigenvalue weighted by atomic mass is 79.9. The van der Waals surface area contributed by atoms with E-state index in [0.29, 0.717) is 21.5 Å². The lowest BCUT2D eigenvalue weighted by Gasteiger charge is -2.15. The number of nitrogens with zero attached hydrogens (tertiary/aromatic N) is 1. The second-order valence-electron chi connectivity index (χ2n) is 6.94. The van der Waals surface area contributed by atoms with E-state index in [1.165, 1.54) is 12.1 Å². The van der Waals surface area contributed by atoms with Crippen molar-refractivity contribution >= 4 is 26.0 Å². The van der Waals surface area contributed by atoms with Crippen LogP contribution in [0.2, 0.25) is 0 Å². The number of aryl methyl sites for hydroxylation is 1. The van der Waals surface area contributed by atoms with Gasteiger partial charge < -0.3 is 9.26 Å². The minimum absolute atomic E-state index is 0.00543. The Morgan fingerprint density at radius 3 is 2.16 bits per heavy atom. The molecule has 0 amide bonds. The fraction of sp³-hybridized carbons (Fsp3) is 0.0870. The summed E-state index contributed by atoms with van der Waals surface area (Å²) in [7, 11) is -2.28. The zero-order valence-electron chi connectivity index (χ0n) is 16.8. The predicted octanol–water partition coefficient (Wildman–Crippen LogP) is 5.40. The molecule has 4 rings (SSSR count). The maximum absolute atomic E-state index is 12.0. The molecule has 6 nitrogen and oxygen atoms in total. The van der Waals surface area contributed by atoms with Gasteiger partial charge in [0.15, 0.2) is 5.76 Å². The molecule has 1 aromatic heterocycles. The minimum Gasteiger partial charge on any atom is -0.497 e. The molecule has 0 unspecified atom stereocenters. The smallest absolute Gasteiger partial charge is 0.238 e. The van der Waals surface area contributed by atoms with E-state index in [1.807, 2.05) is 48.5 Å². The number of primary sulfonamides is 1.